The quantitative estimate of drug-likeness (QED) is 0.881. The topological polar surface area (TPSA) is 15.3 Å². The number of hydrogen-bond acceptors (Lipinski definition) is 2. The summed E-state index contributed by atoms with van der Waals surface area (Å²) in [6.07, 6.45) is 0. The molecule has 0 aliphatic rings. The standard InChI is InChI=1S/C16H18ClFN2/c1-3-19-11-14-15(17)5-4-6-16(14)20(2)13-9-7-12(18)8-10-13/h4-10,19H,3,11H2,1-2H3. The minimum atomic E-state index is -0.235. The lowest BCUT2D eigenvalue weighted by atomic mass is 10.1. The Morgan fingerprint density at radius 2 is 1.85 bits per heavy atom. The molecule has 0 saturated heterocycles. The van der Waals surface area contributed by atoms with Crippen molar-refractivity contribution in [2.24, 2.45) is 0 Å². The molecule has 0 unspecified atom stereocenters. The van der Waals surface area contributed by atoms with Crippen LogP contribution in [0.15, 0.2) is 42.5 Å². The lowest BCUT2D eigenvalue weighted by Gasteiger charge is -2.23. The number of nitrogens with one attached hydrogen (secondary N) is 1. The van der Waals surface area contributed by atoms with E-state index in [4.69, 9.17) is 11.6 Å². The monoisotopic (exact) mass is 292 g/mol. The lowest BCUT2D eigenvalue weighted by molar-refractivity contribution is 0.628. The van der Waals surface area contributed by atoms with Gasteiger partial charge in [0.05, 0.1) is 0 Å². The van der Waals surface area contributed by atoms with Gasteiger partial charge >= 0.3 is 0 Å². The van der Waals surface area contributed by atoms with E-state index < -0.39 is 0 Å². The summed E-state index contributed by atoms with van der Waals surface area (Å²) in [4.78, 5) is 2.01. The minimum absolute atomic E-state index is 0.235. The summed E-state index contributed by atoms with van der Waals surface area (Å²) in [5.74, 6) is -0.235. The van der Waals surface area contributed by atoms with E-state index in [9.17, 15) is 4.39 Å². The van der Waals surface area contributed by atoms with E-state index in [1.54, 1.807) is 12.1 Å². The van der Waals surface area contributed by atoms with Crippen LogP contribution in [-0.2, 0) is 6.54 Å². The maximum Gasteiger partial charge on any atom is 0.123 e. The van der Waals surface area contributed by atoms with Gasteiger partial charge in [-0.15, -0.1) is 0 Å². The molecule has 0 fully saturated rings. The molecule has 2 rings (SSSR count). The summed E-state index contributed by atoms with van der Waals surface area (Å²) in [6, 6.07) is 12.3. The maximum atomic E-state index is 13.0. The molecule has 2 aromatic rings. The van der Waals surface area contributed by atoms with Gasteiger partial charge in [-0.2, -0.15) is 0 Å². The summed E-state index contributed by atoms with van der Waals surface area (Å²) in [5.41, 5.74) is 2.99. The number of hydrogen-bond donors (Lipinski definition) is 1. The fraction of sp³-hybridized carbons (Fsp3) is 0.250. The van der Waals surface area contributed by atoms with Gasteiger partial charge in [-0.1, -0.05) is 24.6 Å². The van der Waals surface area contributed by atoms with E-state index in [1.165, 1.54) is 12.1 Å². The van der Waals surface area contributed by atoms with Crippen molar-refractivity contribution in [2.45, 2.75) is 13.5 Å². The van der Waals surface area contributed by atoms with Crippen molar-refractivity contribution in [3.05, 3.63) is 58.9 Å². The van der Waals surface area contributed by atoms with Crippen LogP contribution in [-0.4, -0.2) is 13.6 Å². The molecular formula is C16H18ClFN2. The van der Waals surface area contributed by atoms with Crippen molar-refractivity contribution in [2.75, 3.05) is 18.5 Å². The van der Waals surface area contributed by atoms with Crippen LogP contribution in [0.5, 0.6) is 0 Å². The molecule has 1 N–H and O–H groups in total. The number of benzene rings is 2. The highest BCUT2D eigenvalue weighted by molar-refractivity contribution is 6.31. The summed E-state index contributed by atoms with van der Waals surface area (Å²) >= 11 is 6.30. The van der Waals surface area contributed by atoms with Gasteiger partial charge in [-0.3, -0.25) is 0 Å². The predicted octanol–water partition coefficient (Wildman–Crippen LogP) is 4.36. The molecule has 0 spiro atoms. The summed E-state index contributed by atoms with van der Waals surface area (Å²) < 4.78 is 13.0. The van der Waals surface area contributed by atoms with E-state index in [0.717, 1.165) is 28.5 Å². The van der Waals surface area contributed by atoms with Crippen LogP contribution in [0.1, 0.15) is 12.5 Å². The fourth-order valence-electron chi connectivity index (χ4n) is 2.09. The van der Waals surface area contributed by atoms with Crippen LogP contribution in [0.25, 0.3) is 0 Å². The van der Waals surface area contributed by atoms with Crippen molar-refractivity contribution in [3.63, 3.8) is 0 Å². The third kappa shape index (κ3) is 3.30. The summed E-state index contributed by atoms with van der Waals surface area (Å²) in [5, 5.41) is 4.02. The molecule has 106 valence electrons. The third-order valence-electron chi connectivity index (χ3n) is 3.22. The molecule has 4 heteroatoms. The smallest absolute Gasteiger partial charge is 0.123 e. The SMILES string of the molecule is CCNCc1c(Cl)cccc1N(C)c1ccc(F)cc1. The zero-order valence-electron chi connectivity index (χ0n) is 11.7. The molecule has 0 heterocycles. The molecular weight excluding hydrogens is 275 g/mol. The van der Waals surface area contributed by atoms with Crippen LogP contribution in [0.4, 0.5) is 15.8 Å². The van der Waals surface area contributed by atoms with Crippen LogP contribution >= 0.6 is 11.6 Å². The van der Waals surface area contributed by atoms with E-state index in [0.29, 0.717) is 6.54 Å². The van der Waals surface area contributed by atoms with Gasteiger partial charge in [0.25, 0.3) is 0 Å². The molecule has 20 heavy (non-hydrogen) atoms. The first-order valence-electron chi connectivity index (χ1n) is 6.61. The van der Waals surface area contributed by atoms with Gasteiger partial charge < -0.3 is 10.2 Å². The Bertz CT molecular complexity index is 569. The van der Waals surface area contributed by atoms with Gasteiger partial charge in [0.15, 0.2) is 0 Å². The normalized spacial score (nSPS) is 10.6. The average molecular weight is 293 g/mol. The van der Waals surface area contributed by atoms with Gasteiger partial charge in [-0.25, -0.2) is 4.39 Å². The zero-order chi connectivity index (χ0) is 14.5. The molecule has 0 aromatic heterocycles. The molecule has 0 saturated carbocycles. The van der Waals surface area contributed by atoms with Crippen molar-refractivity contribution in [3.8, 4) is 0 Å². The minimum Gasteiger partial charge on any atom is -0.344 e. The Morgan fingerprint density at radius 1 is 1.15 bits per heavy atom. The number of nitrogens with zero attached hydrogens (tertiary/aromatic N) is 1. The first-order chi connectivity index (χ1) is 9.63. The Morgan fingerprint density at radius 3 is 2.50 bits per heavy atom. The van der Waals surface area contributed by atoms with Crippen molar-refractivity contribution >= 4 is 23.0 Å². The molecule has 0 radical (unpaired) electrons. The molecule has 0 bridgehead atoms. The molecule has 2 aromatic carbocycles. The molecule has 0 aliphatic carbocycles. The highest BCUT2D eigenvalue weighted by Gasteiger charge is 2.12. The number of rotatable bonds is 5. The van der Waals surface area contributed by atoms with Crippen LogP contribution < -0.4 is 10.2 Å². The first kappa shape index (κ1) is 14.8. The second kappa shape index (κ2) is 6.73. The Balaban J connectivity index is 2.35. The zero-order valence-corrected chi connectivity index (χ0v) is 12.4. The summed E-state index contributed by atoms with van der Waals surface area (Å²) in [7, 11) is 1.95. The first-order valence-corrected chi connectivity index (χ1v) is 6.98. The number of halogens is 2. The van der Waals surface area contributed by atoms with Crippen molar-refractivity contribution < 1.29 is 4.39 Å². The Labute approximate surface area is 124 Å². The van der Waals surface area contributed by atoms with E-state index >= 15 is 0 Å². The van der Waals surface area contributed by atoms with Crippen LogP contribution in [0.2, 0.25) is 5.02 Å². The second-order valence-electron chi connectivity index (χ2n) is 4.55. The second-order valence-corrected chi connectivity index (χ2v) is 4.96. The Kier molecular flexibility index (Phi) is 4.99. The van der Waals surface area contributed by atoms with Gasteiger partial charge in [-0.05, 0) is 42.9 Å². The van der Waals surface area contributed by atoms with E-state index in [2.05, 4.69) is 12.2 Å². The largest absolute Gasteiger partial charge is 0.344 e. The molecule has 0 atom stereocenters. The van der Waals surface area contributed by atoms with Crippen LogP contribution in [0.3, 0.4) is 0 Å². The van der Waals surface area contributed by atoms with E-state index in [1.807, 2.05) is 30.1 Å². The average Bonchev–Trinajstić information content (AvgIpc) is 2.46. The van der Waals surface area contributed by atoms with E-state index in [-0.39, 0.29) is 5.82 Å². The Hall–Kier alpha value is -1.58. The highest BCUT2D eigenvalue weighted by atomic mass is 35.5. The van der Waals surface area contributed by atoms with Crippen molar-refractivity contribution in [1.82, 2.24) is 5.32 Å². The summed E-state index contributed by atoms with van der Waals surface area (Å²) in [6.45, 7) is 3.64. The molecule has 0 amide bonds. The fourth-order valence-corrected chi connectivity index (χ4v) is 2.33. The third-order valence-corrected chi connectivity index (χ3v) is 3.58. The number of anilines is 2. The van der Waals surface area contributed by atoms with Gasteiger partial charge in [0, 0.05) is 35.6 Å². The molecule has 0 aliphatic heterocycles. The van der Waals surface area contributed by atoms with Gasteiger partial charge in [0.2, 0.25) is 0 Å². The lowest BCUT2D eigenvalue weighted by Crippen LogP contribution is -2.17. The highest BCUT2D eigenvalue weighted by Crippen LogP contribution is 2.31. The van der Waals surface area contributed by atoms with Crippen LogP contribution in [0, 0.1) is 5.82 Å². The van der Waals surface area contributed by atoms with Crippen molar-refractivity contribution in [1.29, 1.82) is 0 Å². The maximum absolute atomic E-state index is 13.0. The predicted molar refractivity (Wildman–Crippen MR) is 83.3 cm³/mol. The molecule has 2 nitrogen and oxygen atoms in total. The van der Waals surface area contributed by atoms with Gasteiger partial charge in [0.1, 0.15) is 5.82 Å².